The van der Waals surface area contributed by atoms with Gasteiger partial charge in [0.1, 0.15) is 5.01 Å². The summed E-state index contributed by atoms with van der Waals surface area (Å²) in [6.45, 7) is 2.14. The van der Waals surface area contributed by atoms with Gasteiger partial charge in [0, 0.05) is 36.2 Å². The maximum absolute atomic E-state index is 13.0. The fourth-order valence-electron chi connectivity index (χ4n) is 3.28. The molecule has 0 bridgehead atoms. The summed E-state index contributed by atoms with van der Waals surface area (Å²) in [6.07, 6.45) is 2.03. The Morgan fingerprint density at radius 1 is 1.26 bits per heavy atom. The molecule has 0 spiro atoms. The van der Waals surface area contributed by atoms with Gasteiger partial charge in [0.25, 0.3) is 0 Å². The number of amides is 1. The molecular formula is C20H19ClN4OS. The van der Waals surface area contributed by atoms with Crippen molar-refractivity contribution >= 4 is 28.8 Å². The van der Waals surface area contributed by atoms with Gasteiger partial charge in [-0.15, -0.1) is 11.3 Å². The van der Waals surface area contributed by atoms with Crippen molar-refractivity contribution in [1.29, 1.82) is 0 Å². The number of aromatic nitrogens is 2. The average Bonchev–Trinajstić information content (AvgIpc) is 3.17. The molecule has 1 N–H and O–H groups in total. The summed E-state index contributed by atoms with van der Waals surface area (Å²) in [5, 5.41) is 6.82. The zero-order chi connectivity index (χ0) is 18.6. The van der Waals surface area contributed by atoms with Gasteiger partial charge in [-0.25, -0.2) is 4.98 Å². The second-order valence-electron chi connectivity index (χ2n) is 6.36. The van der Waals surface area contributed by atoms with E-state index < -0.39 is 0 Å². The van der Waals surface area contributed by atoms with Crippen LogP contribution in [0.5, 0.6) is 0 Å². The zero-order valence-electron chi connectivity index (χ0n) is 14.6. The molecule has 0 aliphatic carbocycles. The Bertz CT molecular complexity index is 930. The summed E-state index contributed by atoms with van der Waals surface area (Å²) in [5.41, 5.74) is 2.59. The molecule has 5 nitrogen and oxygen atoms in total. The van der Waals surface area contributed by atoms with E-state index in [1.165, 1.54) is 11.3 Å². The van der Waals surface area contributed by atoms with Crippen molar-refractivity contribution in [2.24, 2.45) is 0 Å². The van der Waals surface area contributed by atoms with Crippen LogP contribution in [0.1, 0.15) is 17.3 Å². The van der Waals surface area contributed by atoms with Crippen molar-refractivity contribution in [3.63, 3.8) is 0 Å². The van der Waals surface area contributed by atoms with Crippen LogP contribution in [-0.2, 0) is 11.2 Å². The standard InChI is InChI=1S/C20H19ClN4OS/c21-16-6-2-1-5-15(16)18-12-22-9-10-25(18)19(26)11-14-13-27-20(24-14)17-7-3-4-8-23-17/h1-8,13,18,22H,9-12H2. The third kappa shape index (κ3) is 4.03. The number of benzene rings is 1. The molecule has 3 heterocycles. The summed E-state index contributed by atoms with van der Waals surface area (Å²) in [5.74, 6) is 0.0688. The van der Waals surface area contributed by atoms with Gasteiger partial charge in [0.15, 0.2) is 0 Å². The number of rotatable bonds is 4. The minimum atomic E-state index is -0.0613. The lowest BCUT2D eigenvalue weighted by molar-refractivity contribution is -0.133. The number of thiazole rings is 1. The minimum absolute atomic E-state index is 0.0613. The Labute approximate surface area is 167 Å². The summed E-state index contributed by atoms with van der Waals surface area (Å²) in [7, 11) is 0. The van der Waals surface area contributed by atoms with Crippen LogP contribution < -0.4 is 5.32 Å². The number of pyridine rings is 1. The van der Waals surface area contributed by atoms with E-state index in [9.17, 15) is 4.79 Å². The second kappa shape index (κ2) is 8.17. The highest BCUT2D eigenvalue weighted by Crippen LogP contribution is 2.29. The van der Waals surface area contributed by atoms with Gasteiger partial charge in [-0.3, -0.25) is 9.78 Å². The number of carbonyl (C=O) groups excluding carboxylic acids is 1. The molecule has 0 saturated carbocycles. The van der Waals surface area contributed by atoms with E-state index >= 15 is 0 Å². The van der Waals surface area contributed by atoms with Gasteiger partial charge in [0.2, 0.25) is 5.91 Å². The molecule has 7 heteroatoms. The van der Waals surface area contributed by atoms with E-state index in [0.717, 1.165) is 28.5 Å². The molecule has 27 heavy (non-hydrogen) atoms. The van der Waals surface area contributed by atoms with Gasteiger partial charge >= 0.3 is 0 Å². The Kier molecular flexibility index (Phi) is 5.48. The zero-order valence-corrected chi connectivity index (χ0v) is 16.2. The summed E-state index contributed by atoms with van der Waals surface area (Å²) >= 11 is 7.89. The van der Waals surface area contributed by atoms with Crippen LogP contribution in [0.25, 0.3) is 10.7 Å². The highest BCUT2D eigenvalue weighted by molar-refractivity contribution is 7.13. The molecule has 138 valence electrons. The Hall–Kier alpha value is -2.28. The number of hydrogen-bond donors (Lipinski definition) is 1. The van der Waals surface area contributed by atoms with Crippen LogP contribution in [-0.4, -0.2) is 40.4 Å². The van der Waals surface area contributed by atoms with Gasteiger partial charge in [-0.2, -0.15) is 0 Å². The monoisotopic (exact) mass is 398 g/mol. The number of nitrogens with one attached hydrogen (secondary N) is 1. The Morgan fingerprint density at radius 2 is 2.11 bits per heavy atom. The van der Waals surface area contributed by atoms with Gasteiger partial charge < -0.3 is 10.2 Å². The fraction of sp³-hybridized carbons (Fsp3) is 0.250. The first-order chi connectivity index (χ1) is 13.2. The van der Waals surface area contributed by atoms with Crippen molar-refractivity contribution in [1.82, 2.24) is 20.2 Å². The number of nitrogens with zero attached hydrogens (tertiary/aromatic N) is 3. The van der Waals surface area contributed by atoms with E-state index in [-0.39, 0.29) is 18.4 Å². The number of carbonyl (C=O) groups is 1. The molecule has 1 aliphatic rings. The van der Waals surface area contributed by atoms with E-state index in [0.29, 0.717) is 18.1 Å². The predicted octanol–water partition coefficient (Wildman–Crippen LogP) is 3.57. The minimum Gasteiger partial charge on any atom is -0.333 e. The van der Waals surface area contributed by atoms with Crippen LogP contribution >= 0.6 is 22.9 Å². The molecule has 1 unspecified atom stereocenters. The quantitative estimate of drug-likeness (QED) is 0.729. The second-order valence-corrected chi connectivity index (χ2v) is 7.63. The predicted molar refractivity (Wildman–Crippen MR) is 108 cm³/mol. The summed E-state index contributed by atoms with van der Waals surface area (Å²) in [4.78, 5) is 23.8. The number of hydrogen-bond acceptors (Lipinski definition) is 5. The topological polar surface area (TPSA) is 58.1 Å². The van der Waals surface area contributed by atoms with Crippen LogP contribution in [0.15, 0.2) is 54.0 Å². The molecule has 1 saturated heterocycles. The summed E-state index contributed by atoms with van der Waals surface area (Å²) < 4.78 is 0. The third-order valence-electron chi connectivity index (χ3n) is 4.60. The van der Waals surface area contributed by atoms with E-state index in [1.807, 2.05) is 52.7 Å². The maximum Gasteiger partial charge on any atom is 0.229 e. The fourth-order valence-corrected chi connectivity index (χ4v) is 4.33. The Balaban J connectivity index is 1.51. The maximum atomic E-state index is 13.0. The lowest BCUT2D eigenvalue weighted by Gasteiger charge is -2.37. The largest absolute Gasteiger partial charge is 0.333 e. The molecule has 3 aromatic rings. The van der Waals surface area contributed by atoms with E-state index in [1.54, 1.807) is 6.20 Å². The smallest absolute Gasteiger partial charge is 0.229 e. The summed E-state index contributed by atoms with van der Waals surface area (Å²) in [6, 6.07) is 13.4. The Morgan fingerprint density at radius 3 is 2.93 bits per heavy atom. The third-order valence-corrected chi connectivity index (χ3v) is 5.85. The van der Waals surface area contributed by atoms with E-state index in [4.69, 9.17) is 11.6 Å². The molecular weight excluding hydrogens is 380 g/mol. The van der Waals surface area contributed by atoms with Crippen molar-refractivity contribution in [2.45, 2.75) is 12.5 Å². The van der Waals surface area contributed by atoms with Gasteiger partial charge in [-0.1, -0.05) is 35.9 Å². The molecule has 1 fully saturated rings. The highest BCUT2D eigenvalue weighted by Gasteiger charge is 2.29. The SMILES string of the molecule is O=C(Cc1csc(-c2ccccn2)n1)N1CCNCC1c1ccccc1Cl. The first-order valence-corrected chi connectivity index (χ1v) is 10.1. The van der Waals surface area contributed by atoms with Crippen LogP contribution in [0.3, 0.4) is 0 Å². The normalized spacial score (nSPS) is 17.1. The molecule has 4 rings (SSSR count). The highest BCUT2D eigenvalue weighted by atomic mass is 35.5. The lowest BCUT2D eigenvalue weighted by atomic mass is 10.0. The number of halogens is 1. The molecule has 1 atom stereocenters. The van der Waals surface area contributed by atoms with Crippen molar-refractivity contribution in [3.05, 3.63) is 70.3 Å². The van der Waals surface area contributed by atoms with Crippen LogP contribution in [0, 0.1) is 0 Å². The molecule has 1 aromatic carbocycles. The molecule has 1 aliphatic heterocycles. The average molecular weight is 399 g/mol. The van der Waals surface area contributed by atoms with Gasteiger partial charge in [0.05, 0.1) is 23.9 Å². The first kappa shape index (κ1) is 18.1. The van der Waals surface area contributed by atoms with Crippen LogP contribution in [0.2, 0.25) is 5.02 Å². The molecule has 1 amide bonds. The lowest BCUT2D eigenvalue weighted by Crippen LogP contribution is -2.49. The van der Waals surface area contributed by atoms with E-state index in [2.05, 4.69) is 15.3 Å². The molecule has 2 aromatic heterocycles. The van der Waals surface area contributed by atoms with Crippen LogP contribution in [0.4, 0.5) is 0 Å². The first-order valence-electron chi connectivity index (χ1n) is 8.83. The van der Waals surface area contributed by atoms with Gasteiger partial charge in [-0.05, 0) is 23.8 Å². The number of piperazine rings is 1. The van der Waals surface area contributed by atoms with Crippen molar-refractivity contribution < 1.29 is 4.79 Å². The van der Waals surface area contributed by atoms with Crippen molar-refractivity contribution in [3.8, 4) is 10.7 Å². The molecule has 0 radical (unpaired) electrons. The van der Waals surface area contributed by atoms with Crippen molar-refractivity contribution in [2.75, 3.05) is 19.6 Å².